The molecule has 1 aliphatic carbocycles. The Morgan fingerprint density at radius 2 is 2.25 bits per heavy atom. The number of nitrogens with one attached hydrogen (secondary N) is 1. The third-order valence-corrected chi connectivity index (χ3v) is 3.51. The van der Waals surface area contributed by atoms with Crippen LogP contribution in [0.2, 0.25) is 0 Å². The Kier molecular flexibility index (Phi) is 3.03. The molecule has 1 aromatic rings. The van der Waals surface area contributed by atoms with Crippen LogP contribution in [0.3, 0.4) is 0 Å². The third-order valence-electron chi connectivity index (χ3n) is 3.51. The van der Waals surface area contributed by atoms with E-state index in [2.05, 4.69) is 24.1 Å². The molecule has 3 nitrogen and oxygen atoms in total. The number of anilines is 1. The van der Waals surface area contributed by atoms with E-state index in [4.69, 9.17) is 4.74 Å². The first-order chi connectivity index (χ1) is 7.62. The maximum Gasteiger partial charge on any atom is 0.214 e. The molecular weight excluding hydrogens is 200 g/mol. The second kappa shape index (κ2) is 4.32. The van der Waals surface area contributed by atoms with E-state index < -0.39 is 0 Å². The molecule has 16 heavy (non-hydrogen) atoms. The second-order valence-electron chi connectivity index (χ2n) is 5.14. The topological polar surface area (TPSA) is 34.1 Å². The summed E-state index contributed by atoms with van der Waals surface area (Å²) >= 11 is 0. The molecule has 0 bridgehead atoms. The van der Waals surface area contributed by atoms with E-state index in [9.17, 15) is 0 Å². The Hall–Kier alpha value is -1.25. The number of hydrogen-bond donors (Lipinski definition) is 1. The lowest BCUT2D eigenvalue weighted by molar-refractivity contribution is 0.348. The summed E-state index contributed by atoms with van der Waals surface area (Å²) in [5.74, 6) is 1.58. The Bertz CT molecular complexity index is 363. The van der Waals surface area contributed by atoms with Crippen LogP contribution in [-0.2, 0) is 0 Å². The number of methoxy groups -OCH3 is 1. The minimum Gasteiger partial charge on any atom is -0.481 e. The summed E-state index contributed by atoms with van der Waals surface area (Å²) in [7, 11) is 1.64. The van der Waals surface area contributed by atoms with Crippen LogP contribution < -0.4 is 10.1 Å². The van der Waals surface area contributed by atoms with Gasteiger partial charge in [0.05, 0.1) is 7.11 Å². The average molecular weight is 220 g/mol. The number of nitrogens with zero attached hydrogens (tertiary/aromatic N) is 1. The van der Waals surface area contributed by atoms with E-state index in [0.29, 0.717) is 17.3 Å². The molecule has 3 heteroatoms. The molecule has 1 aliphatic rings. The first kappa shape index (κ1) is 11.2. The van der Waals surface area contributed by atoms with Crippen molar-refractivity contribution in [1.29, 1.82) is 0 Å². The quantitative estimate of drug-likeness (QED) is 0.850. The highest BCUT2D eigenvalue weighted by Gasteiger charge is 2.34. The van der Waals surface area contributed by atoms with Gasteiger partial charge < -0.3 is 10.1 Å². The van der Waals surface area contributed by atoms with Crippen LogP contribution in [0.1, 0.15) is 33.1 Å². The van der Waals surface area contributed by atoms with Crippen molar-refractivity contribution in [2.75, 3.05) is 12.4 Å². The summed E-state index contributed by atoms with van der Waals surface area (Å²) in [4.78, 5) is 4.39. The first-order valence-electron chi connectivity index (χ1n) is 5.89. The molecule has 1 N–H and O–H groups in total. The maximum absolute atomic E-state index is 5.12. The van der Waals surface area contributed by atoms with E-state index in [-0.39, 0.29) is 0 Å². The molecule has 1 aromatic heterocycles. The van der Waals surface area contributed by atoms with Crippen molar-refractivity contribution in [3.63, 3.8) is 0 Å². The van der Waals surface area contributed by atoms with Crippen LogP contribution in [0.4, 0.5) is 5.82 Å². The SMILES string of the molecule is COc1cccc(NC2CCCC2(C)C)n1. The smallest absolute Gasteiger partial charge is 0.214 e. The average Bonchev–Trinajstić information content (AvgIpc) is 2.59. The standard InChI is InChI=1S/C13H20N2O/c1-13(2)9-5-6-10(13)14-11-7-4-8-12(15-11)16-3/h4,7-8,10H,5-6,9H2,1-3H3,(H,14,15). The van der Waals surface area contributed by atoms with Gasteiger partial charge in [0.1, 0.15) is 5.82 Å². The molecule has 0 spiro atoms. The summed E-state index contributed by atoms with van der Waals surface area (Å²) in [6, 6.07) is 6.35. The zero-order chi connectivity index (χ0) is 11.6. The van der Waals surface area contributed by atoms with Gasteiger partial charge in [0.2, 0.25) is 5.88 Å². The summed E-state index contributed by atoms with van der Waals surface area (Å²) in [5, 5.41) is 3.51. The molecule has 0 aliphatic heterocycles. The van der Waals surface area contributed by atoms with Gasteiger partial charge in [0.25, 0.3) is 0 Å². The molecule has 0 amide bonds. The van der Waals surface area contributed by atoms with Gasteiger partial charge in [0.15, 0.2) is 0 Å². The Morgan fingerprint density at radius 3 is 2.88 bits per heavy atom. The minimum absolute atomic E-state index is 0.366. The van der Waals surface area contributed by atoms with Crippen LogP contribution in [-0.4, -0.2) is 18.1 Å². The number of pyridine rings is 1. The fourth-order valence-corrected chi connectivity index (χ4v) is 2.38. The maximum atomic E-state index is 5.12. The lowest BCUT2D eigenvalue weighted by atomic mass is 9.87. The normalized spacial score (nSPS) is 23.1. The van der Waals surface area contributed by atoms with E-state index in [1.807, 2.05) is 18.2 Å². The van der Waals surface area contributed by atoms with Crippen molar-refractivity contribution in [2.24, 2.45) is 5.41 Å². The minimum atomic E-state index is 0.366. The molecular formula is C13H20N2O. The fraction of sp³-hybridized carbons (Fsp3) is 0.615. The van der Waals surface area contributed by atoms with Crippen molar-refractivity contribution in [1.82, 2.24) is 4.98 Å². The fourth-order valence-electron chi connectivity index (χ4n) is 2.38. The Labute approximate surface area is 97.2 Å². The Balaban J connectivity index is 2.08. The molecule has 0 aromatic carbocycles. The van der Waals surface area contributed by atoms with Crippen molar-refractivity contribution < 1.29 is 4.74 Å². The zero-order valence-electron chi connectivity index (χ0n) is 10.3. The number of hydrogen-bond acceptors (Lipinski definition) is 3. The highest BCUT2D eigenvalue weighted by molar-refractivity contribution is 5.38. The predicted molar refractivity (Wildman–Crippen MR) is 65.8 cm³/mol. The molecule has 88 valence electrons. The molecule has 2 rings (SSSR count). The van der Waals surface area contributed by atoms with Gasteiger partial charge in [-0.1, -0.05) is 26.3 Å². The van der Waals surface area contributed by atoms with Gasteiger partial charge >= 0.3 is 0 Å². The first-order valence-corrected chi connectivity index (χ1v) is 5.89. The molecule has 1 unspecified atom stereocenters. The van der Waals surface area contributed by atoms with E-state index in [1.54, 1.807) is 7.11 Å². The van der Waals surface area contributed by atoms with E-state index in [1.165, 1.54) is 19.3 Å². The van der Waals surface area contributed by atoms with Crippen molar-refractivity contribution in [3.8, 4) is 5.88 Å². The predicted octanol–water partition coefficient (Wildman–Crippen LogP) is 3.08. The van der Waals surface area contributed by atoms with Gasteiger partial charge in [-0.05, 0) is 24.3 Å². The van der Waals surface area contributed by atoms with Crippen molar-refractivity contribution in [2.45, 2.75) is 39.2 Å². The number of aromatic nitrogens is 1. The van der Waals surface area contributed by atoms with Crippen LogP contribution in [0, 0.1) is 5.41 Å². The molecule has 1 saturated carbocycles. The molecule has 1 atom stereocenters. The van der Waals surface area contributed by atoms with Crippen LogP contribution in [0.5, 0.6) is 5.88 Å². The lowest BCUT2D eigenvalue weighted by Crippen LogP contribution is -2.31. The number of rotatable bonds is 3. The monoisotopic (exact) mass is 220 g/mol. The zero-order valence-corrected chi connectivity index (χ0v) is 10.3. The largest absolute Gasteiger partial charge is 0.481 e. The van der Waals surface area contributed by atoms with Crippen LogP contribution in [0.25, 0.3) is 0 Å². The summed E-state index contributed by atoms with van der Waals surface area (Å²) in [5.41, 5.74) is 0.366. The van der Waals surface area contributed by atoms with Crippen molar-refractivity contribution in [3.05, 3.63) is 18.2 Å². The highest BCUT2D eigenvalue weighted by atomic mass is 16.5. The molecule has 1 fully saturated rings. The summed E-state index contributed by atoms with van der Waals surface area (Å²) in [6.45, 7) is 4.63. The van der Waals surface area contributed by atoms with E-state index in [0.717, 1.165) is 5.82 Å². The molecule has 0 saturated heterocycles. The summed E-state index contributed by atoms with van der Waals surface area (Å²) < 4.78 is 5.12. The second-order valence-corrected chi connectivity index (χ2v) is 5.14. The van der Waals surface area contributed by atoms with Crippen LogP contribution in [0.15, 0.2) is 18.2 Å². The van der Waals surface area contributed by atoms with Crippen LogP contribution >= 0.6 is 0 Å². The van der Waals surface area contributed by atoms with Gasteiger partial charge in [0, 0.05) is 12.1 Å². The summed E-state index contributed by atoms with van der Waals surface area (Å²) in [6.07, 6.45) is 3.81. The van der Waals surface area contributed by atoms with Gasteiger partial charge in [-0.15, -0.1) is 0 Å². The van der Waals surface area contributed by atoms with Crippen molar-refractivity contribution >= 4 is 5.82 Å². The lowest BCUT2D eigenvalue weighted by Gasteiger charge is -2.28. The highest BCUT2D eigenvalue weighted by Crippen LogP contribution is 2.38. The number of ether oxygens (including phenoxy) is 1. The van der Waals surface area contributed by atoms with Gasteiger partial charge in [-0.3, -0.25) is 0 Å². The van der Waals surface area contributed by atoms with E-state index >= 15 is 0 Å². The molecule has 1 heterocycles. The third kappa shape index (κ3) is 2.29. The molecule has 0 radical (unpaired) electrons. The Morgan fingerprint density at radius 1 is 1.44 bits per heavy atom. The van der Waals surface area contributed by atoms with Gasteiger partial charge in [-0.2, -0.15) is 4.98 Å². The van der Waals surface area contributed by atoms with Gasteiger partial charge in [-0.25, -0.2) is 0 Å².